The monoisotopic (exact) mass is 463 g/mol. The second kappa shape index (κ2) is 10.4. The number of fused-ring (bicyclic) bond motifs is 1. The minimum absolute atomic E-state index is 0.119. The van der Waals surface area contributed by atoms with Crippen LogP contribution in [0.25, 0.3) is 0 Å². The molecule has 0 spiro atoms. The maximum absolute atomic E-state index is 13.7. The molecule has 0 aliphatic carbocycles. The summed E-state index contributed by atoms with van der Waals surface area (Å²) in [5, 5.41) is 0. The fourth-order valence-corrected chi connectivity index (χ4v) is 4.33. The Labute approximate surface area is 199 Å². The van der Waals surface area contributed by atoms with E-state index in [1.54, 1.807) is 40.6 Å². The molecular weight excluding hydrogens is 434 g/mol. The van der Waals surface area contributed by atoms with Gasteiger partial charge in [-0.3, -0.25) is 4.79 Å². The Morgan fingerprint density at radius 2 is 1.38 bits per heavy atom. The summed E-state index contributed by atoms with van der Waals surface area (Å²) in [5.41, 5.74) is 2.56. The van der Waals surface area contributed by atoms with Crippen molar-refractivity contribution in [1.82, 2.24) is 4.90 Å². The molecule has 0 unspecified atom stereocenters. The van der Waals surface area contributed by atoms with Crippen molar-refractivity contribution in [2.24, 2.45) is 0 Å². The summed E-state index contributed by atoms with van der Waals surface area (Å²) >= 11 is 0. The number of amides is 1. The third kappa shape index (κ3) is 4.46. The van der Waals surface area contributed by atoms with Crippen molar-refractivity contribution in [2.75, 3.05) is 41.6 Å². The van der Waals surface area contributed by atoms with E-state index in [1.165, 1.54) is 0 Å². The summed E-state index contributed by atoms with van der Waals surface area (Å²) in [6.45, 7) is 0.767. The molecule has 34 heavy (non-hydrogen) atoms. The van der Waals surface area contributed by atoms with Gasteiger partial charge < -0.3 is 28.6 Å². The van der Waals surface area contributed by atoms with Crippen LogP contribution in [-0.2, 0) is 6.42 Å². The first-order chi connectivity index (χ1) is 16.6. The number of benzene rings is 3. The molecule has 0 N–H and O–H groups in total. The number of carbonyl (C=O) groups excluding carboxylic acids is 1. The molecular formula is C27H29NO6. The molecule has 1 atom stereocenters. The van der Waals surface area contributed by atoms with E-state index in [0.717, 1.165) is 11.1 Å². The Kier molecular flexibility index (Phi) is 7.11. The topological polar surface area (TPSA) is 66.5 Å². The van der Waals surface area contributed by atoms with E-state index >= 15 is 0 Å². The molecule has 1 aliphatic heterocycles. The van der Waals surface area contributed by atoms with Crippen LogP contribution in [0.3, 0.4) is 0 Å². The summed E-state index contributed by atoms with van der Waals surface area (Å²) in [7, 11) is 6.39. The number of para-hydroxylation sites is 3. The SMILES string of the molecule is COc1cc2c(cc1OC)[C@@H](COc1ccccc1OC)N(C(=O)c1ccccc1OC)CC2. The van der Waals surface area contributed by atoms with Crippen LogP contribution < -0.4 is 23.7 Å². The third-order valence-corrected chi connectivity index (χ3v) is 6.07. The van der Waals surface area contributed by atoms with Gasteiger partial charge >= 0.3 is 0 Å². The first kappa shape index (κ1) is 23.3. The summed E-state index contributed by atoms with van der Waals surface area (Å²) in [6.07, 6.45) is 0.682. The summed E-state index contributed by atoms with van der Waals surface area (Å²) < 4.78 is 28.2. The van der Waals surface area contributed by atoms with E-state index < -0.39 is 0 Å². The van der Waals surface area contributed by atoms with Gasteiger partial charge in [-0.25, -0.2) is 0 Å². The van der Waals surface area contributed by atoms with Gasteiger partial charge in [0.15, 0.2) is 23.0 Å². The van der Waals surface area contributed by atoms with Gasteiger partial charge in [-0.15, -0.1) is 0 Å². The molecule has 0 aromatic heterocycles. The molecule has 3 aromatic carbocycles. The van der Waals surface area contributed by atoms with Gasteiger partial charge in [0, 0.05) is 6.54 Å². The van der Waals surface area contributed by atoms with Gasteiger partial charge in [0.1, 0.15) is 12.4 Å². The normalized spacial score (nSPS) is 14.7. The molecule has 1 amide bonds. The fraction of sp³-hybridized carbons (Fsp3) is 0.296. The largest absolute Gasteiger partial charge is 0.496 e. The highest BCUT2D eigenvalue weighted by atomic mass is 16.5. The van der Waals surface area contributed by atoms with E-state index in [-0.39, 0.29) is 18.6 Å². The molecule has 0 fully saturated rings. The Morgan fingerprint density at radius 1 is 0.794 bits per heavy atom. The third-order valence-electron chi connectivity index (χ3n) is 6.07. The lowest BCUT2D eigenvalue weighted by molar-refractivity contribution is 0.0584. The van der Waals surface area contributed by atoms with E-state index in [2.05, 4.69) is 0 Å². The standard InChI is InChI=1S/C27H29NO6/c1-30-22-10-6-5-9-19(22)27(29)28-14-13-18-15-25(32-3)26(33-4)16-20(18)21(28)17-34-24-12-8-7-11-23(24)31-2/h5-12,15-16,21H,13-14,17H2,1-4H3/t21-/m1/s1. The van der Waals surface area contributed by atoms with Crippen molar-refractivity contribution < 1.29 is 28.5 Å². The smallest absolute Gasteiger partial charge is 0.258 e. The zero-order valence-corrected chi connectivity index (χ0v) is 19.9. The van der Waals surface area contributed by atoms with Gasteiger partial charge in [-0.1, -0.05) is 24.3 Å². The molecule has 178 valence electrons. The lowest BCUT2D eigenvalue weighted by atomic mass is 9.91. The van der Waals surface area contributed by atoms with Crippen molar-refractivity contribution in [3.05, 3.63) is 77.4 Å². The Balaban J connectivity index is 1.74. The molecule has 0 radical (unpaired) electrons. The van der Waals surface area contributed by atoms with Crippen LogP contribution in [0.1, 0.15) is 27.5 Å². The minimum Gasteiger partial charge on any atom is -0.496 e. The van der Waals surface area contributed by atoms with Crippen LogP contribution in [0.2, 0.25) is 0 Å². The van der Waals surface area contributed by atoms with Crippen molar-refractivity contribution in [3.63, 3.8) is 0 Å². The summed E-state index contributed by atoms with van der Waals surface area (Å²) in [4.78, 5) is 15.6. The first-order valence-electron chi connectivity index (χ1n) is 11.1. The fourth-order valence-electron chi connectivity index (χ4n) is 4.33. The number of carbonyl (C=O) groups is 1. The van der Waals surface area contributed by atoms with E-state index in [1.807, 2.05) is 53.4 Å². The minimum atomic E-state index is -0.356. The number of ether oxygens (including phenoxy) is 5. The number of hydrogen-bond acceptors (Lipinski definition) is 6. The van der Waals surface area contributed by atoms with Crippen LogP contribution in [-0.4, -0.2) is 52.4 Å². The Bertz CT molecular complexity index is 1160. The average molecular weight is 464 g/mol. The number of hydrogen-bond donors (Lipinski definition) is 0. The quantitative estimate of drug-likeness (QED) is 0.489. The predicted molar refractivity (Wildman–Crippen MR) is 129 cm³/mol. The average Bonchev–Trinajstić information content (AvgIpc) is 2.90. The second-order valence-corrected chi connectivity index (χ2v) is 7.83. The second-order valence-electron chi connectivity index (χ2n) is 7.83. The van der Waals surface area contributed by atoms with Crippen LogP contribution in [0.5, 0.6) is 28.7 Å². The molecule has 7 heteroatoms. The van der Waals surface area contributed by atoms with Gasteiger partial charge in [0.25, 0.3) is 5.91 Å². The number of methoxy groups -OCH3 is 4. The highest BCUT2D eigenvalue weighted by molar-refractivity contribution is 5.97. The molecule has 1 heterocycles. The van der Waals surface area contributed by atoms with Crippen molar-refractivity contribution in [2.45, 2.75) is 12.5 Å². The maximum Gasteiger partial charge on any atom is 0.258 e. The van der Waals surface area contributed by atoms with Gasteiger partial charge in [-0.2, -0.15) is 0 Å². The number of rotatable bonds is 8. The van der Waals surface area contributed by atoms with E-state index in [4.69, 9.17) is 23.7 Å². The summed E-state index contributed by atoms with van der Waals surface area (Å²) in [6, 6.07) is 18.3. The zero-order chi connectivity index (χ0) is 24.1. The van der Waals surface area contributed by atoms with Crippen molar-refractivity contribution >= 4 is 5.91 Å². The van der Waals surface area contributed by atoms with Crippen molar-refractivity contribution in [3.8, 4) is 28.7 Å². The summed E-state index contributed by atoms with van der Waals surface area (Å²) in [5.74, 6) is 2.93. The lowest BCUT2D eigenvalue weighted by Crippen LogP contribution is -2.42. The predicted octanol–water partition coefficient (Wildman–Crippen LogP) is 4.54. The first-order valence-corrected chi connectivity index (χ1v) is 11.1. The molecule has 1 aliphatic rings. The van der Waals surface area contributed by atoms with E-state index in [9.17, 15) is 4.79 Å². The molecule has 4 rings (SSSR count). The zero-order valence-electron chi connectivity index (χ0n) is 19.9. The highest BCUT2D eigenvalue weighted by Gasteiger charge is 2.34. The number of nitrogens with zero attached hydrogens (tertiary/aromatic N) is 1. The molecule has 0 saturated heterocycles. The molecule has 7 nitrogen and oxygen atoms in total. The van der Waals surface area contributed by atoms with Crippen molar-refractivity contribution in [1.29, 1.82) is 0 Å². The Morgan fingerprint density at radius 3 is 2.06 bits per heavy atom. The van der Waals surface area contributed by atoms with Gasteiger partial charge in [0.05, 0.1) is 40.0 Å². The molecule has 0 saturated carbocycles. The van der Waals surface area contributed by atoms with Gasteiger partial charge in [-0.05, 0) is 53.9 Å². The van der Waals surface area contributed by atoms with Crippen LogP contribution in [0.4, 0.5) is 0 Å². The van der Waals surface area contributed by atoms with Gasteiger partial charge in [0.2, 0.25) is 0 Å². The Hall–Kier alpha value is -3.87. The van der Waals surface area contributed by atoms with Crippen LogP contribution in [0.15, 0.2) is 60.7 Å². The lowest BCUT2D eigenvalue weighted by Gasteiger charge is -2.38. The van der Waals surface area contributed by atoms with Crippen LogP contribution >= 0.6 is 0 Å². The van der Waals surface area contributed by atoms with Crippen LogP contribution in [0, 0.1) is 0 Å². The molecule has 0 bridgehead atoms. The van der Waals surface area contributed by atoms with E-state index in [0.29, 0.717) is 47.3 Å². The maximum atomic E-state index is 13.7. The molecule has 3 aromatic rings. The highest BCUT2D eigenvalue weighted by Crippen LogP contribution is 2.40.